The van der Waals surface area contributed by atoms with Crippen molar-refractivity contribution in [1.82, 2.24) is 9.88 Å². The molecule has 1 atom stereocenters. The van der Waals surface area contributed by atoms with E-state index in [4.69, 9.17) is 10.2 Å². The zero-order valence-electron chi connectivity index (χ0n) is 11.7. The molecular formula is C14H20N4OS. The topological polar surface area (TPSA) is 58.5 Å². The molecule has 0 aromatic carbocycles. The smallest absolute Gasteiger partial charge is 0.185 e. The number of thiazole rings is 1. The maximum Gasteiger partial charge on any atom is 0.185 e. The van der Waals surface area contributed by atoms with Gasteiger partial charge in [-0.2, -0.15) is 0 Å². The van der Waals surface area contributed by atoms with Crippen molar-refractivity contribution >= 4 is 16.5 Å². The maximum absolute atomic E-state index is 5.95. The summed E-state index contributed by atoms with van der Waals surface area (Å²) in [6.45, 7) is 6.51. The molecule has 1 aliphatic rings. The summed E-state index contributed by atoms with van der Waals surface area (Å²) >= 11 is 1.70. The molecule has 2 aromatic rings. The Morgan fingerprint density at radius 2 is 2.15 bits per heavy atom. The largest absolute Gasteiger partial charge is 0.465 e. The highest BCUT2D eigenvalue weighted by atomic mass is 32.1. The van der Waals surface area contributed by atoms with Crippen LogP contribution in [0.3, 0.4) is 0 Å². The molecule has 0 radical (unpaired) electrons. The van der Waals surface area contributed by atoms with Crippen LogP contribution in [-0.4, -0.2) is 42.6 Å². The first-order valence-electron chi connectivity index (χ1n) is 6.93. The van der Waals surface area contributed by atoms with Crippen LogP contribution in [0.15, 0.2) is 28.1 Å². The molecule has 3 heterocycles. The van der Waals surface area contributed by atoms with Gasteiger partial charge in [-0.25, -0.2) is 4.98 Å². The average Bonchev–Trinajstić information content (AvgIpc) is 3.12. The fraction of sp³-hybridized carbons (Fsp3) is 0.500. The number of furan rings is 1. The Labute approximate surface area is 123 Å². The highest BCUT2D eigenvalue weighted by Crippen LogP contribution is 2.25. The normalized spacial score (nSPS) is 18.4. The SMILES string of the molecule is Cc1ccc(C(CN)N2CCN(c3nccs3)CC2)o1. The van der Waals surface area contributed by atoms with E-state index in [2.05, 4.69) is 14.8 Å². The molecule has 1 fully saturated rings. The van der Waals surface area contributed by atoms with Gasteiger partial charge in [0.15, 0.2) is 5.13 Å². The molecule has 0 saturated carbocycles. The molecule has 1 saturated heterocycles. The summed E-state index contributed by atoms with van der Waals surface area (Å²) in [5.41, 5.74) is 5.95. The van der Waals surface area contributed by atoms with Crippen molar-refractivity contribution in [3.05, 3.63) is 35.2 Å². The molecule has 0 spiro atoms. The van der Waals surface area contributed by atoms with Crippen LogP contribution in [0.2, 0.25) is 0 Å². The monoisotopic (exact) mass is 292 g/mol. The fourth-order valence-corrected chi connectivity index (χ4v) is 3.37. The second kappa shape index (κ2) is 5.95. The zero-order valence-corrected chi connectivity index (χ0v) is 12.5. The Morgan fingerprint density at radius 3 is 2.70 bits per heavy atom. The minimum atomic E-state index is 0.183. The third-order valence-corrected chi connectivity index (χ3v) is 4.59. The number of hydrogen-bond acceptors (Lipinski definition) is 6. The van der Waals surface area contributed by atoms with Crippen LogP contribution in [-0.2, 0) is 0 Å². The number of piperazine rings is 1. The van der Waals surface area contributed by atoms with Gasteiger partial charge in [0.2, 0.25) is 0 Å². The number of aryl methyl sites for hydroxylation is 1. The Balaban J connectivity index is 1.64. The molecule has 108 valence electrons. The van der Waals surface area contributed by atoms with Crippen molar-refractivity contribution in [2.24, 2.45) is 5.73 Å². The number of nitrogens with two attached hydrogens (primary N) is 1. The molecule has 1 aliphatic heterocycles. The standard InChI is InChI=1S/C14H20N4OS/c1-11-2-3-13(19-11)12(10-15)17-5-7-18(8-6-17)14-16-4-9-20-14/h2-4,9,12H,5-8,10,15H2,1H3. The van der Waals surface area contributed by atoms with Crippen LogP contribution >= 0.6 is 11.3 Å². The van der Waals surface area contributed by atoms with Crippen LogP contribution in [0.25, 0.3) is 0 Å². The minimum Gasteiger partial charge on any atom is -0.465 e. The molecule has 0 amide bonds. The van der Waals surface area contributed by atoms with Gasteiger partial charge in [0, 0.05) is 44.3 Å². The predicted molar refractivity (Wildman–Crippen MR) is 81.1 cm³/mol. The van der Waals surface area contributed by atoms with E-state index < -0.39 is 0 Å². The lowest BCUT2D eigenvalue weighted by Crippen LogP contribution is -2.49. The van der Waals surface area contributed by atoms with Gasteiger partial charge in [-0.1, -0.05) is 0 Å². The van der Waals surface area contributed by atoms with Crippen LogP contribution in [0.5, 0.6) is 0 Å². The van der Waals surface area contributed by atoms with Crippen LogP contribution in [0.1, 0.15) is 17.6 Å². The van der Waals surface area contributed by atoms with Crippen LogP contribution in [0.4, 0.5) is 5.13 Å². The summed E-state index contributed by atoms with van der Waals surface area (Å²) in [6.07, 6.45) is 1.86. The lowest BCUT2D eigenvalue weighted by atomic mass is 10.1. The maximum atomic E-state index is 5.95. The van der Waals surface area contributed by atoms with E-state index in [1.54, 1.807) is 11.3 Å². The average molecular weight is 292 g/mol. The summed E-state index contributed by atoms with van der Waals surface area (Å²) in [7, 11) is 0. The van der Waals surface area contributed by atoms with Gasteiger partial charge in [-0.05, 0) is 19.1 Å². The lowest BCUT2D eigenvalue weighted by Gasteiger charge is -2.38. The predicted octanol–water partition coefficient (Wildman–Crippen LogP) is 1.87. The van der Waals surface area contributed by atoms with Crippen molar-refractivity contribution in [2.45, 2.75) is 13.0 Å². The minimum absolute atomic E-state index is 0.183. The van der Waals surface area contributed by atoms with Crippen LogP contribution < -0.4 is 10.6 Å². The van der Waals surface area contributed by atoms with E-state index in [-0.39, 0.29) is 6.04 Å². The van der Waals surface area contributed by atoms with Gasteiger partial charge in [0.05, 0.1) is 6.04 Å². The summed E-state index contributed by atoms with van der Waals surface area (Å²) in [6, 6.07) is 4.23. The van der Waals surface area contributed by atoms with Crippen molar-refractivity contribution in [2.75, 3.05) is 37.6 Å². The quantitative estimate of drug-likeness (QED) is 0.932. The lowest BCUT2D eigenvalue weighted by molar-refractivity contribution is 0.168. The highest BCUT2D eigenvalue weighted by Gasteiger charge is 2.26. The second-order valence-electron chi connectivity index (χ2n) is 5.04. The molecule has 0 aliphatic carbocycles. The Kier molecular flexibility index (Phi) is 4.05. The number of anilines is 1. The number of hydrogen-bond donors (Lipinski definition) is 1. The number of nitrogens with zero attached hydrogens (tertiary/aromatic N) is 3. The molecule has 1 unspecified atom stereocenters. The van der Waals surface area contributed by atoms with Crippen molar-refractivity contribution in [1.29, 1.82) is 0 Å². The number of rotatable bonds is 4. The molecular weight excluding hydrogens is 272 g/mol. The zero-order chi connectivity index (χ0) is 13.9. The summed E-state index contributed by atoms with van der Waals surface area (Å²) in [4.78, 5) is 9.11. The van der Waals surface area contributed by atoms with E-state index >= 15 is 0 Å². The van der Waals surface area contributed by atoms with Gasteiger partial charge < -0.3 is 15.1 Å². The molecule has 2 aromatic heterocycles. The van der Waals surface area contributed by atoms with E-state index in [0.29, 0.717) is 6.54 Å². The van der Waals surface area contributed by atoms with Crippen molar-refractivity contribution in [3.8, 4) is 0 Å². The van der Waals surface area contributed by atoms with Crippen molar-refractivity contribution in [3.63, 3.8) is 0 Å². The van der Waals surface area contributed by atoms with E-state index in [1.807, 2.05) is 30.6 Å². The molecule has 5 nitrogen and oxygen atoms in total. The Morgan fingerprint density at radius 1 is 1.35 bits per heavy atom. The molecule has 6 heteroatoms. The molecule has 2 N–H and O–H groups in total. The van der Waals surface area contributed by atoms with Crippen LogP contribution in [0, 0.1) is 6.92 Å². The van der Waals surface area contributed by atoms with Crippen molar-refractivity contribution < 1.29 is 4.42 Å². The molecule has 0 bridgehead atoms. The van der Waals surface area contributed by atoms with E-state index in [1.165, 1.54) is 0 Å². The fourth-order valence-electron chi connectivity index (χ4n) is 2.67. The third kappa shape index (κ3) is 2.72. The first-order chi connectivity index (χ1) is 9.78. The Bertz CT molecular complexity index is 531. The third-order valence-electron chi connectivity index (χ3n) is 3.76. The highest BCUT2D eigenvalue weighted by molar-refractivity contribution is 7.13. The summed E-state index contributed by atoms with van der Waals surface area (Å²) in [5, 5.41) is 3.14. The van der Waals surface area contributed by atoms with E-state index in [9.17, 15) is 0 Å². The van der Waals surface area contributed by atoms with E-state index in [0.717, 1.165) is 42.8 Å². The first kappa shape index (κ1) is 13.6. The Hall–Kier alpha value is -1.37. The second-order valence-corrected chi connectivity index (χ2v) is 5.91. The van der Waals surface area contributed by atoms with Gasteiger partial charge in [-0.3, -0.25) is 4.90 Å². The van der Waals surface area contributed by atoms with Gasteiger partial charge >= 0.3 is 0 Å². The number of aromatic nitrogens is 1. The first-order valence-corrected chi connectivity index (χ1v) is 7.81. The molecule has 3 rings (SSSR count). The summed E-state index contributed by atoms with van der Waals surface area (Å²) < 4.78 is 5.74. The molecule has 20 heavy (non-hydrogen) atoms. The van der Waals surface area contributed by atoms with Gasteiger partial charge in [0.1, 0.15) is 11.5 Å². The van der Waals surface area contributed by atoms with Gasteiger partial charge in [0.25, 0.3) is 0 Å². The summed E-state index contributed by atoms with van der Waals surface area (Å²) in [5.74, 6) is 1.92. The van der Waals surface area contributed by atoms with Gasteiger partial charge in [-0.15, -0.1) is 11.3 Å².